The van der Waals surface area contributed by atoms with Gasteiger partial charge < -0.3 is 19.7 Å². The predicted molar refractivity (Wildman–Crippen MR) is 142 cm³/mol. The minimum absolute atomic E-state index is 0.0479. The maximum atomic E-state index is 13.3. The molecule has 0 radical (unpaired) electrons. The van der Waals surface area contributed by atoms with E-state index in [0.717, 1.165) is 60.4 Å². The van der Waals surface area contributed by atoms with Crippen LogP contribution in [0, 0.1) is 13.8 Å². The Balaban J connectivity index is 1.56. The molecule has 3 aliphatic heterocycles. The Kier molecular flexibility index (Phi) is 8.54. The first-order valence-electron chi connectivity index (χ1n) is 12.5. The number of thioether (sulfide) groups is 1. The summed E-state index contributed by atoms with van der Waals surface area (Å²) in [6, 6.07) is 5.83. The van der Waals surface area contributed by atoms with Crippen LogP contribution < -0.4 is 5.32 Å². The highest BCUT2D eigenvalue weighted by molar-refractivity contribution is 8.16. The van der Waals surface area contributed by atoms with Gasteiger partial charge in [0.05, 0.1) is 43.1 Å². The van der Waals surface area contributed by atoms with Crippen molar-refractivity contribution >= 4 is 28.8 Å². The number of amides is 1. The molecular formula is C27H36N4O4S. The van der Waals surface area contributed by atoms with Crippen LogP contribution in [0.25, 0.3) is 0 Å². The monoisotopic (exact) mass is 512 g/mol. The molecule has 1 aromatic carbocycles. The van der Waals surface area contributed by atoms with Crippen LogP contribution in [-0.4, -0.2) is 72.3 Å². The van der Waals surface area contributed by atoms with E-state index in [2.05, 4.69) is 42.3 Å². The summed E-state index contributed by atoms with van der Waals surface area (Å²) in [5.74, 6) is -0.421. The Morgan fingerprint density at radius 2 is 1.97 bits per heavy atom. The van der Waals surface area contributed by atoms with E-state index in [4.69, 9.17) is 14.5 Å². The van der Waals surface area contributed by atoms with Gasteiger partial charge in [-0.3, -0.25) is 9.69 Å². The molecule has 1 atom stereocenters. The standard InChI is InChI=1S/C27H36N4O4S/c1-17(2)35-26(33)24-20(5)29-27-31(25(24)22-7-6-18(3)14-19(22)4)21(16-36-27)15-23(32)28-8-9-30-10-12-34-13-11-30/h6-7,14,16-17,25H,8-13,15H2,1-5H3,(H,28,32). The molecule has 0 saturated carbocycles. The molecule has 1 fully saturated rings. The van der Waals surface area contributed by atoms with Gasteiger partial charge in [0, 0.05) is 31.9 Å². The van der Waals surface area contributed by atoms with Gasteiger partial charge in [0.15, 0.2) is 5.17 Å². The van der Waals surface area contributed by atoms with E-state index in [1.165, 1.54) is 11.8 Å². The van der Waals surface area contributed by atoms with Gasteiger partial charge in [0.1, 0.15) is 0 Å². The first-order chi connectivity index (χ1) is 17.2. The number of fused-ring (bicyclic) bond motifs is 1. The molecule has 1 aromatic rings. The second-order valence-corrected chi connectivity index (χ2v) is 10.5. The molecule has 1 amide bonds. The number of benzene rings is 1. The number of hydrogen-bond donors (Lipinski definition) is 1. The van der Waals surface area contributed by atoms with Crippen LogP contribution in [0.1, 0.15) is 49.9 Å². The number of ether oxygens (including phenoxy) is 2. The lowest BCUT2D eigenvalue weighted by atomic mass is 9.90. The summed E-state index contributed by atoms with van der Waals surface area (Å²) in [7, 11) is 0. The number of morpholine rings is 1. The van der Waals surface area contributed by atoms with Crippen LogP contribution >= 0.6 is 11.8 Å². The minimum atomic E-state index is -0.410. The topological polar surface area (TPSA) is 83.5 Å². The highest BCUT2D eigenvalue weighted by Gasteiger charge is 2.41. The van der Waals surface area contributed by atoms with Gasteiger partial charge in [0.2, 0.25) is 5.91 Å². The van der Waals surface area contributed by atoms with E-state index >= 15 is 0 Å². The first-order valence-corrected chi connectivity index (χ1v) is 13.4. The van der Waals surface area contributed by atoms with Gasteiger partial charge in [-0.1, -0.05) is 35.5 Å². The fraction of sp³-hybridized carbons (Fsp3) is 0.519. The molecule has 0 aliphatic carbocycles. The van der Waals surface area contributed by atoms with E-state index in [1.54, 1.807) is 0 Å². The summed E-state index contributed by atoms with van der Waals surface area (Å²) in [6.07, 6.45) is -0.0367. The van der Waals surface area contributed by atoms with Crippen molar-refractivity contribution in [1.29, 1.82) is 0 Å². The molecule has 194 valence electrons. The summed E-state index contributed by atoms with van der Waals surface area (Å²) >= 11 is 1.49. The smallest absolute Gasteiger partial charge is 0.338 e. The predicted octanol–water partition coefficient (Wildman–Crippen LogP) is 3.67. The molecule has 1 saturated heterocycles. The molecule has 9 heteroatoms. The quantitative estimate of drug-likeness (QED) is 0.532. The van der Waals surface area contributed by atoms with Crippen LogP contribution in [-0.2, 0) is 19.1 Å². The largest absolute Gasteiger partial charge is 0.459 e. The van der Waals surface area contributed by atoms with Crippen molar-refractivity contribution in [3.05, 3.63) is 57.3 Å². The normalized spacial score (nSPS) is 20.3. The fourth-order valence-electron chi connectivity index (χ4n) is 4.74. The van der Waals surface area contributed by atoms with Crippen molar-refractivity contribution in [2.24, 2.45) is 4.99 Å². The molecule has 4 rings (SSSR count). The molecule has 1 N–H and O–H groups in total. The average Bonchev–Trinajstić information content (AvgIpc) is 3.20. The molecule has 1 unspecified atom stereocenters. The van der Waals surface area contributed by atoms with Crippen molar-refractivity contribution in [1.82, 2.24) is 15.1 Å². The molecule has 0 spiro atoms. The lowest BCUT2D eigenvalue weighted by Crippen LogP contribution is -2.42. The van der Waals surface area contributed by atoms with Crippen molar-refractivity contribution in [2.45, 2.75) is 53.2 Å². The fourth-order valence-corrected chi connectivity index (χ4v) is 5.70. The van der Waals surface area contributed by atoms with E-state index < -0.39 is 6.04 Å². The van der Waals surface area contributed by atoms with Crippen LogP contribution in [0.3, 0.4) is 0 Å². The maximum absolute atomic E-state index is 13.3. The Morgan fingerprint density at radius 3 is 2.67 bits per heavy atom. The number of carbonyl (C=O) groups is 2. The Hall–Kier alpha value is -2.62. The highest BCUT2D eigenvalue weighted by atomic mass is 32.2. The number of nitrogens with one attached hydrogen (secondary N) is 1. The lowest BCUT2D eigenvalue weighted by molar-refractivity contribution is -0.143. The number of carbonyl (C=O) groups excluding carboxylic acids is 2. The summed E-state index contributed by atoms with van der Waals surface area (Å²) in [6.45, 7) is 14.3. The van der Waals surface area contributed by atoms with Crippen molar-refractivity contribution in [2.75, 3.05) is 39.4 Å². The van der Waals surface area contributed by atoms with E-state index in [-0.39, 0.29) is 24.4 Å². The first kappa shape index (κ1) is 26.4. The zero-order valence-electron chi connectivity index (χ0n) is 21.8. The van der Waals surface area contributed by atoms with Gasteiger partial charge >= 0.3 is 5.97 Å². The number of esters is 1. The molecule has 0 aromatic heterocycles. The van der Waals surface area contributed by atoms with Crippen LogP contribution in [0.4, 0.5) is 0 Å². The van der Waals surface area contributed by atoms with Crippen molar-refractivity contribution in [3.63, 3.8) is 0 Å². The third kappa shape index (κ3) is 6.02. The van der Waals surface area contributed by atoms with Crippen molar-refractivity contribution < 1.29 is 19.1 Å². The number of aliphatic imine (C=N–C) groups is 1. The van der Waals surface area contributed by atoms with Gasteiger partial charge in [0.25, 0.3) is 0 Å². The number of aryl methyl sites for hydroxylation is 2. The lowest BCUT2D eigenvalue weighted by Gasteiger charge is -2.37. The molecular weight excluding hydrogens is 476 g/mol. The zero-order chi connectivity index (χ0) is 25.8. The van der Waals surface area contributed by atoms with E-state index in [0.29, 0.717) is 17.8 Å². The SMILES string of the molecule is CC1=C(C(=O)OC(C)C)C(c2ccc(C)cc2C)N2C(CC(=O)NCCN3CCOCC3)=CSC2=N1. The zero-order valence-corrected chi connectivity index (χ0v) is 22.6. The molecule has 3 heterocycles. The molecule has 36 heavy (non-hydrogen) atoms. The van der Waals surface area contributed by atoms with Crippen molar-refractivity contribution in [3.8, 4) is 0 Å². The van der Waals surface area contributed by atoms with Gasteiger partial charge in [-0.15, -0.1) is 0 Å². The van der Waals surface area contributed by atoms with E-state index in [9.17, 15) is 9.59 Å². The van der Waals surface area contributed by atoms with Crippen LogP contribution in [0.15, 0.2) is 45.6 Å². The maximum Gasteiger partial charge on any atom is 0.338 e. The molecule has 0 bridgehead atoms. The van der Waals surface area contributed by atoms with Crippen LogP contribution in [0.2, 0.25) is 0 Å². The number of rotatable bonds is 8. The van der Waals surface area contributed by atoms with Gasteiger partial charge in [-0.05, 0) is 51.2 Å². The average molecular weight is 513 g/mol. The number of nitrogens with zero attached hydrogens (tertiary/aromatic N) is 3. The Bertz CT molecular complexity index is 1100. The number of amidine groups is 1. The minimum Gasteiger partial charge on any atom is -0.459 e. The number of allylic oxidation sites excluding steroid dienone is 1. The van der Waals surface area contributed by atoms with Gasteiger partial charge in [-0.2, -0.15) is 0 Å². The summed E-state index contributed by atoms with van der Waals surface area (Å²) in [4.78, 5) is 35.3. The molecule has 3 aliphatic rings. The Morgan fingerprint density at radius 1 is 1.22 bits per heavy atom. The van der Waals surface area contributed by atoms with Gasteiger partial charge in [-0.25, -0.2) is 9.79 Å². The number of hydrogen-bond acceptors (Lipinski definition) is 8. The van der Waals surface area contributed by atoms with Crippen LogP contribution in [0.5, 0.6) is 0 Å². The Labute approximate surface area is 217 Å². The third-order valence-electron chi connectivity index (χ3n) is 6.48. The second-order valence-electron chi connectivity index (χ2n) is 9.69. The molecule has 8 nitrogen and oxygen atoms in total. The third-order valence-corrected chi connectivity index (χ3v) is 7.37. The summed E-state index contributed by atoms with van der Waals surface area (Å²) < 4.78 is 11.0. The summed E-state index contributed by atoms with van der Waals surface area (Å²) in [5, 5.41) is 5.80. The summed E-state index contributed by atoms with van der Waals surface area (Å²) in [5.41, 5.74) is 5.22. The second kappa shape index (κ2) is 11.6. The van der Waals surface area contributed by atoms with E-state index in [1.807, 2.05) is 31.1 Å². The highest BCUT2D eigenvalue weighted by Crippen LogP contribution is 2.45.